The van der Waals surface area contributed by atoms with Crippen LogP contribution in [0, 0.1) is 0 Å². The highest BCUT2D eigenvalue weighted by Gasteiger charge is 2.37. The average Bonchev–Trinajstić information content (AvgIpc) is 2.91. The number of carbonyl (C=O) groups is 4. The molecule has 0 bridgehead atoms. The number of aliphatic carboxylic acids is 1. The van der Waals surface area contributed by atoms with Crippen molar-refractivity contribution in [2.75, 3.05) is 13.2 Å². The van der Waals surface area contributed by atoms with Gasteiger partial charge in [-0.1, -0.05) is 0 Å². The molecule has 1 rings (SSSR count). The summed E-state index contributed by atoms with van der Waals surface area (Å²) >= 11 is 0. The summed E-state index contributed by atoms with van der Waals surface area (Å²) in [5.41, 5.74) is -0.778. The minimum Gasteiger partial charge on any atom is -0.478 e. The van der Waals surface area contributed by atoms with Gasteiger partial charge in [0.25, 0.3) is 5.91 Å². The zero-order valence-electron chi connectivity index (χ0n) is 14.3. The standard InChI is InChI=1S/C16H23NO7/c1-10(8-13(19)20)14(21)23-9-12(18)17-7-5-6-11(17)15(22)24-16(2,3)4/h8,11H,5-7,9H2,1-4H3,(H,19,20)/b10-8+/t11-/m0/s1. The molecular weight excluding hydrogens is 318 g/mol. The fourth-order valence-electron chi connectivity index (χ4n) is 2.25. The lowest BCUT2D eigenvalue weighted by Gasteiger charge is -2.27. The van der Waals surface area contributed by atoms with Crippen LogP contribution in [-0.2, 0) is 28.7 Å². The van der Waals surface area contributed by atoms with Crippen molar-refractivity contribution in [3.63, 3.8) is 0 Å². The maximum atomic E-state index is 12.2. The molecule has 0 aliphatic carbocycles. The maximum absolute atomic E-state index is 12.2. The monoisotopic (exact) mass is 341 g/mol. The quantitative estimate of drug-likeness (QED) is 0.584. The van der Waals surface area contributed by atoms with Gasteiger partial charge in [-0.25, -0.2) is 14.4 Å². The summed E-state index contributed by atoms with van der Waals surface area (Å²) in [5, 5.41) is 8.56. The molecule has 0 aromatic carbocycles. The van der Waals surface area contributed by atoms with E-state index in [0.29, 0.717) is 25.5 Å². The predicted molar refractivity (Wildman–Crippen MR) is 82.9 cm³/mol. The minimum atomic E-state index is -1.28. The maximum Gasteiger partial charge on any atom is 0.334 e. The number of rotatable bonds is 5. The van der Waals surface area contributed by atoms with Gasteiger partial charge in [-0.15, -0.1) is 0 Å². The van der Waals surface area contributed by atoms with Gasteiger partial charge in [-0.2, -0.15) is 0 Å². The van der Waals surface area contributed by atoms with E-state index in [9.17, 15) is 19.2 Å². The summed E-state index contributed by atoms with van der Waals surface area (Å²) in [6.45, 7) is 6.33. The van der Waals surface area contributed by atoms with Crippen molar-refractivity contribution in [2.45, 2.75) is 52.2 Å². The molecule has 1 atom stereocenters. The zero-order chi connectivity index (χ0) is 18.5. The molecule has 0 spiro atoms. The number of hydrogen-bond acceptors (Lipinski definition) is 6. The van der Waals surface area contributed by atoms with E-state index in [1.54, 1.807) is 20.8 Å². The predicted octanol–water partition coefficient (Wildman–Crippen LogP) is 0.893. The molecule has 0 radical (unpaired) electrons. The van der Waals surface area contributed by atoms with Crippen LogP contribution in [0.25, 0.3) is 0 Å². The lowest BCUT2D eigenvalue weighted by Crippen LogP contribution is -2.45. The first-order valence-electron chi connectivity index (χ1n) is 7.62. The highest BCUT2D eigenvalue weighted by atomic mass is 16.6. The van der Waals surface area contributed by atoms with Gasteiger partial charge < -0.3 is 19.5 Å². The molecular formula is C16H23NO7. The third kappa shape index (κ3) is 6.02. The summed E-state index contributed by atoms with van der Waals surface area (Å²) in [6.07, 6.45) is 1.85. The first-order valence-corrected chi connectivity index (χ1v) is 7.62. The largest absolute Gasteiger partial charge is 0.478 e. The molecule has 1 saturated heterocycles. The van der Waals surface area contributed by atoms with E-state index >= 15 is 0 Å². The molecule has 1 amide bonds. The normalized spacial score (nSPS) is 18.2. The molecule has 1 aliphatic rings. The SMILES string of the molecule is C/C(=C\C(=O)O)C(=O)OCC(=O)N1CCC[C@H]1C(=O)OC(C)(C)C. The van der Waals surface area contributed by atoms with Gasteiger partial charge in [0, 0.05) is 18.2 Å². The van der Waals surface area contributed by atoms with E-state index in [1.165, 1.54) is 11.8 Å². The lowest BCUT2D eigenvalue weighted by atomic mass is 10.1. The van der Waals surface area contributed by atoms with Crippen LogP contribution in [0.5, 0.6) is 0 Å². The van der Waals surface area contributed by atoms with Gasteiger partial charge in [-0.05, 0) is 40.5 Å². The third-order valence-corrected chi connectivity index (χ3v) is 3.24. The van der Waals surface area contributed by atoms with Crippen molar-refractivity contribution < 1.29 is 33.8 Å². The first-order chi connectivity index (χ1) is 11.0. The van der Waals surface area contributed by atoms with E-state index in [0.717, 1.165) is 0 Å². The topological polar surface area (TPSA) is 110 Å². The minimum absolute atomic E-state index is 0.125. The summed E-state index contributed by atoms with van der Waals surface area (Å²) < 4.78 is 10.1. The number of ether oxygens (including phenoxy) is 2. The Morgan fingerprint density at radius 2 is 1.88 bits per heavy atom. The van der Waals surface area contributed by atoms with Gasteiger partial charge in [-0.3, -0.25) is 4.79 Å². The highest BCUT2D eigenvalue weighted by Crippen LogP contribution is 2.21. The van der Waals surface area contributed by atoms with Crippen molar-refractivity contribution in [2.24, 2.45) is 0 Å². The third-order valence-electron chi connectivity index (χ3n) is 3.24. The second-order valence-corrected chi connectivity index (χ2v) is 6.52. The Labute approximate surface area is 140 Å². The van der Waals surface area contributed by atoms with Crippen LogP contribution in [-0.4, -0.2) is 58.6 Å². The zero-order valence-corrected chi connectivity index (χ0v) is 14.3. The fourth-order valence-corrected chi connectivity index (χ4v) is 2.25. The number of carboxylic acids is 1. The highest BCUT2D eigenvalue weighted by molar-refractivity contribution is 5.96. The van der Waals surface area contributed by atoms with Crippen molar-refractivity contribution in [1.29, 1.82) is 0 Å². The van der Waals surface area contributed by atoms with Crippen LogP contribution in [0.3, 0.4) is 0 Å². The fraction of sp³-hybridized carbons (Fsp3) is 0.625. The second kappa shape index (κ2) is 7.94. The molecule has 1 N–H and O–H groups in total. The molecule has 0 unspecified atom stereocenters. The average molecular weight is 341 g/mol. The Balaban J connectivity index is 2.62. The van der Waals surface area contributed by atoms with Crippen LogP contribution in [0.1, 0.15) is 40.5 Å². The molecule has 1 aliphatic heterocycles. The van der Waals surface area contributed by atoms with Gasteiger partial charge in [0.15, 0.2) is 6.61 Å². The van der Waals surface area contributed by atoms with Gasteiger partial charge >= 0.3 is 17.9 Å². The Morgan fingerprint density at radius 1 is 1.25 bits per heavy atom. The van der Waals surface area contributed by atoms with Crippen molar-refractivity contribution >= 4 is 23.8 Å². The number of nitrogens with zero attached hydrogens (tertiary/aromatic N) is 1. The Morgan fingerprint density at radius 3 is 2.42 bits per heavy atom. The van der Waals surface area contributed by atoms with Crippen molar-refractivity contribution in [3.05, 3.63) is 11.6 Å². The molecule has 134 valence electrons. The van der Waals surface area contributed by atoms with E-state index in [2.05, 4.69) is 0 Å². The number of esters is 2. The van der Waals surface area contributed by atoms with E-state index in [-0.39, 0.29) is 5.57 Å². The summed E-state index contributed by atoms with van der Waals surface area (Å²) in [7, 11) is 0. The Bertz CT molecular complexity index is 559. The molecule has 1 fully saturated rings. The molecule has 1 heterocycles. The Hall–Kier alpha value is -2.38. The molecule has 24 heavy (non-hydrogen) atoms. The molecule has 0 aromatic heterocycles. The van der Waals surface area contributed by atoms with E-state index < -0.39 is 42.1 Å². The van der Waals surface area contributed by atoms with Crippen LogP contribution in [0.4, 0.5) is 0 Å². The van der Waals surface area contributed by atoms with Crippen LogP contribution in [0.2, 0.25) is 0 Å². The number of likely N-dealkylation sites (tertiary alicyclic amines) is 1. The smallest absolute Gasteiger partial charge is 0.334 e. The van der Waals surface area contributed by atoms with Crippen molar-refractivity contribution in [1.82, 2.24) is 4.90 Å². The Kier molecular flexibility index (Phi) is 6.51. The van der Waals surface area contributed by atoms with E-state index in [1.807, 2.05) is 0 Å². The van der Waals surface area contributed by atoms with E-state index in [4.69, 9.17) is 14.6 Å². The van der Waals surface area contributed by atoms with Crippen molar-refractivity contribution in [3.8, 4) is 0 Å². The molecule has 0 saturated carbocycles. The van der Waals surface area contributed by atoms with Gasteiger partial charge in [0.05, 0.1) is 0 Å². The first kappa shape index (κ1) is 19.7. The second-order valence-electron chi connectivity index (χ2n) is 6.52. The number of amides is 1. The number of carbonyl (C=O) groups excluding carboxylic acids is 3. The van der Waals surface area contributed by atoms with Crippen LogP contribution < -0.4 is 0 Å². The lowest BCUT2D eigenvalue weighted by molar-refractivity contribution is -0.164. The molecule has 0 aromatic rings. The summed E-state index contributed by atoms with van der Waals surface area (Å²) in [5.74, 6) is -3.17. The van der Waals surface area contributed by atoms with Gasteiger partial charge in [0.1, 0.15) is 11.6 Å². The van der Waals surface area contributed by atoms with Crippen LogP contribution in [0.15, 0.2) is 11.6 Å². The molecule has 8 nitrogen and oxygen atoms in total. The number of carboxylic acid groups (broad SMARTS) is 1. The van der Waals surface area contributed by atoms with Gasteiger partial charge in [0.2, 0.25) is 0 Å². The number of hydrogen-bond donors (Lipinski definition) is 1. The summed E-state index contributed by atoms with van der Waals surface area (Å²) in [4.78, 5) is 47.7. The summed E-state index contributed by atoms with van der Waals surface area (Å²) in [6, 6.07) is -0.689. The molecule has 8 heteroatoms. The van der Waals surface area contributed by atoms with Crippen LogP contribution >= 0.6 is 0 Å².